The van der Waals surface area contributed by atoms with Gasteiger partial charge in [0.05, 0.1) is 0 Å². The van der Waals surface area contributed by atoms with Gasteiger partial charge in [0.15, 0.2) is 0 Å². The van der Waals surface area contributed by atoms with Crippen molar-refractivity contribution in [1.82, 2.24) is 0 Å². The van der Waals surface area contributed by atoms with Crippen molar-refractivity contribution in [2.75, 3.05) is 0 Å². The number of carbonyl (C=O) groups is 1. The molecule has 0 fully saturated rings. The largest absolute Gasteiger partial charge is 0.507 e. The van der Waals surface area contributed by atoms with Crippen LogP contribution in [0.3, 0.4) is 0 Å². The van der Waals surface area contributed by atoms with E-state index in [4.69, 9.17) is 9.47 Å². The molecule has 0 saturated carbocycles. The predicted octanol–water partition coefficient (Wildman–Crippen LogP) is 3.22. The Morgan fingerprint density at radius 3 is 2.79 bits per heavy atom. The fraction of sp³-hybridized carbons (Fsp3) is 0.267. The highest BCUT2D eigenvalue weighted by atomic mass is 16.7. The molecule has 0 aliphatic carbocycles. The zero-order chi connectivity index (χ0) is 13.6. The molecule has 98 valence electrons. The molecule has 0 spiro atoms. The molecule has 0 bridgehead atoms. The van der Waals surface area contributed by atoms with E-state index in [0.29, 0.717) is 23.1 Å². The van der Waals surface area contributed by atoms with Gasteiger partial charge in [-0.3, -0.25) is 0 Å². The molecule has 0 aromatic heterocycles. The van der Waals surface area contributed by atoms with E-state index in [9.17, 15) is 9.90 Å². The van der Waals surface area contributed by atoms with Crippen LogP contribution in [0.15, 0.2) is 30.3 Å². The van der Waals surface area contributed by atoms with Gasteiger partial charge in [-0.2, -0.15) is 0 Å². The molecule has 4 heteroatoms. The maximum absolute atomic E-state index is 12.0. The summed E-state index contributed by atoms with van der Waals surface area (Å²) in [4.78, 5) is 12.0. The monoisotopic (exact) mass is 258 g/mol. The lowest BCUT2D eigenvalue weighted by atomic mass is 10.0. The molecular weight excluding hydrogens is 244 g/mol. The van der Waals surface area contributed by atoms with Gasteiger partial charge in [-0.15, -0.1) is 0 Å². The first-order valence-corrected chi connectivity index (χ1v) is 6.20. The van der Waals surface area contributed by atoms with E-state index in [2.05, 4.69) is 0 Å². The third kappa shape index (κ3) is 1.80. The Bertz CT molecular complexity index is 677. The summed E-state index contributed by atoms with van der Waals surface area (Å²) >= 11 is 0. The van der Waals surface area contributed by atoms with Crippen molar-refractivity contribution >= 4 is 16.7 Å². The maximum Gasteiger partial charge on any atom is 0.345 e. The molecular formula is C15H14O4. The zero-order valence-electron chi connectivity index (χ0n) is 10.8. The van der Waals surface area contributed by atoms with Gasteiger partial charge in [0.2, 0.25) is 0 Å². The van der Waals surface area contributed by atoms with Gasteiger partial charge >= 0.3 is 5.97 Å². The van der Waals surface area contributed by atoms with E-state index in [0.717, 1.165) is 5.39 Å². The first-order valence-electron chi connectivity index (χ1n) is 6.20. The highest BCUT2D eigenvalue weighted by molar-refractivity contribution is 6.01. The third-order valence-corrected chi connectivity index (χ3v) is 3.45. The second-order valence-corrected chi connectivity index (χ2v) is 4.83. The number of esters is 1. The minimum Gasteiger partial charge on any atom is -0.507 e. The molecule has 4 nitrogen and oxygen atoms in total. The summed E-state index contributed by atoms with van der Waals surface area (Å²) in [6.07, 6.45) is 0.553. The number of aromatic hydroxyl groups is 1. The summed E-state index contributed by atoms with van der Waals surface area (Å²) in [5.74, 6) is -0.714. The molecule has 0 saturated heterocycles. The molecule has 1 aliphatic rings. The Balaban J connectivity index is 2.23. The standard InChI is InChI=1S/C15H14O4/c1-3-15(2)18-13-8-10-9(5-4-6-12(10)16)7-11(13)14(17)19-15/h4-8,16H,3H2,1-2H3. The van der Waals surface area contributed by atoms with Crippen LogP contribution in [-0.2, 0) is 4.74 Å². The molecule has 1 aliphatic heterocycles. The summed E-state index contributed by atoms with van der Waals surface area (Å²) in [6.45, 7) is 3.61. The highest BCUT2D eigenvalue weighted by Gasteiger charge is 2.36. The van der Waals surface area contributed by atoms with E-state index in [1.807, 2.05) is 13.0 Å². The zero-order valence-corrected chi connectivity index (χ0v) is 10.8. The number of hydrogen-bond donors (Lipinski definition) is 1. The average Bonchev–Trinajstić information content (AvgIpc) is 2.38. The molecule has 1 atom stereocenters. The highest BCUT2D eigenvalue weighted by Crippen LogP contribution is 2.37. The average molecular weight is 258 g/mol. The number of benzene rings is 2. The molecule has 1 N–H and O–H groups in total. The third-order valence-electron chi connectivity index (χ3n) is 3.45. The van der Waals surface area contributed by atoms with Gasteiger partial charge in [-0.05, 0) is 23.6 Å². The molecule has 0 amide bonds. The minimum absolute atomic E-state index is 0.168. The number of cyclic esters (lactones) is 1. The Labute approximate surface area is 110 Å². The molecule has 0 radical (unpaired) electrons. The Morgan fingerprint density at radius 2 is 2.05 bits per heavy atom. The van der Waals surface area contributed by atoms with Gasteiger partial charge in [0, 0.05) is 18.7 Å². The van der Waals surface area contributed by atoms with Crippen LogP contribution < -0.4 is 4.74 Å². The topological polar surface area (TPSA) is 55.8 Å². The van der Waals surface area contributed by atoms with Crippen LogP contribution in [0.25, 0.3) is 10.8 Å². The number of phenolic OH excluding ortho intramolecular Hbond substituents is 1. The summed E-state index contributed by atoms with van der Waals surface area (Å²) in [5, 5.41) is 11.3. The van der Waals surface area contributed by atoms with Crippen LogP contribution in [0, 0.1) is 0 Å². The summed E-state index contributed by atoms with van der Waals surface area (Å²) < 4.78 is 11.1. The van der Waals surface area contributed by atoms with Crippen molar-refractivity contribution in [2.24, 2.45) is 0 Å². The molecule has 1 heterocycles. The van der Waals surface area contributed by atoms with Crippen LogP contribution in [0.4, 0.5) is 0 Å². The number of fused-ring (bicyclic) bond motifs is 2. The van der Waals surface area contributed by atoms with Crippen molar-refractivity contribution in [3.63, 3.8) is 0 Å². The van der Waals surface area contributed by atoms with Gasteiger partial charge in [-0.1, -0.05) is 19.1 Å². The smallest absolute Gasteiger partial charge is 0.345 e. The first kappa shape index (κ1) is 11.8. The van der Waals surface area contributed by atoms with Crippen molar-refractivity contribution in [3.05, 3.63) is 35.9 Å². The van der Waals surface area contributed by atoms with Crippen molar-refractivity contribution in [2.45, 2.75) is 26.1 Å². The van der Waals surface area contributed by atoms with Gasteiger partial charge in [-0.25, -0.2) is 4.79 Å². The van der Waals surface area contributed by atoms with Crippen molar-refractivity contribution in [3.8, 4) is 11.5 Å². The van der Waals surface area contributed by atoms with Gasteiger partial charge in [0.25, 0.3) is 5.79 Å². The van der Waals surface area contributed by atoms with E-state index in [-0.39, 0.29) is 5.75 Å². The molecule has 2 aromatic carbocycles. The second-order valence-electron chi connectivity index (χ2n) is 4.83. The molecule has 2 aromatic rings. The minimum atomic E-state index is -0.942. The lowest BCUT2D eigenvalue weighted by molar-refractivity contribution is -0.142. The normalized spacial score (nSPS) is 21.7. The first-order chi connectivity index (χ1) is 9.02. The van der Waals surface area contributed by atoms with Crippen LogP contribution >= 0.6 is 0 Å². The fourth-order valence-electron chi connectivity index (χ4n) is 2.18. The molecule has 19 heavy (non-hydrogen) atoms. The number of ether oxygens (including phenoxy) is 2. The lowest BCUT2D eigenvalue weighted by Gasteiger charge is -2.34. The van der Waals surface area contributed by atoms with Crippen LogP contribution in [0.1, 0.15) is 30.6 Å². The Kier molecular flexibility index (Phi) is 2.42. The quantitative estimate of drug-likeness (QED) is 0.798. The second kappa shape index (κ2) is 3.88. The van der Waals surface area contributed by atoms with Crippen LogP contribution in [-0.4, -0.2) is 16.9 Å². The van der Waals surface area contributed by atoms with E-state index >= 15 is 0 Å². The van der Waals surface area contributed by atoms with E-state index < -0.39 is 11.8 Å². The van der Waals surface area contributed by atoms with Crippen molar-refractivity contribution in [1.29, 1.82) is 0 Å². The SMILES string of the molecule is CCC1(C)OC(=O)c2cc3cccc(O)c3cc2O1. The summed E-state index contributed by atoms with van der Waals surface area (Å²) in [6, 6.07) is 8.54. The molecule has 1 unspecified atom stereocenters. The van der Waals surface area contributed by atoms with E-state index in [1.54, 1.807) is 31.2 Å². The van der Waals surface area contributed by atoms with Gasteiger partial charge < -0.3 is 14.6 Å². The fourth-order valence-corrected chi connectivity index (χ4v) is 2.18. The van der Waals surface area contributed by atoms with Crippen molar-refractivity contribution < 1.29 is 19.4 Å². The number of carbonyl (C=O) groups excluding carboxylic acids is 1. The number of hydrogen-bond acceptors (Lipinski definition) is 4. The Hall–Kier alpha value is -2.23. The maximum atomic E-state index is 12.0. The van der Waals surface area contributed by atoms with Crippen LogP contribution in [0.5, 0.6) is 11.5 Å². The summed E-state index contributed by atoms with van der Waals surface area (Å²) in [5.41, 5.74) is 0.393. The lowest BCUT2D eigenvalue weighted by Crippen LogP contribution is -2.41. The molecule has 3 rings (SSSR count). The Morgan fingerprint density at radius 1 is 1.26 bits per heavy atom. The number of phenols is 1. The van der Waals surface area contributed by atoms with Gasteiger partial charge in [0.1, 0.15) is 17.1 Å². The van der Waals surface area contributed by atoms with E-state index in [1.165, 1.54) is 0 Å². The summed E-state index contributed by atoms with van der Waals surface area (Å²) in [7, 11) is 0. The number of rotatable bonds is 1. The van der Waals surface area contributed by atoms with Crippen LogP contribution in [0.2, 0.25) is 0 Å². The predicted molar refractivity (Wildman–Crippen MR) is 70.4 cm³/mol.